The Balaban J connectivity index is 2.69. The molecule has 0 saturated heterocycles. The molecule has 2 rings (SSSR count). The van der Waals surface area contributed by atoms with Crippen LogP contribution in [0.2, 0.25) is 0 Å². The summed E-state index contributed by atoms with van der Waals surface area (Å²) in [4.78, 5) is 14.9. The standard InChI is InChI=1S/C10H7N2O/c11-10(13)8-4-3-7-2-1-5-12-9(7)6-8/h2-6H,(H2,11,13). The minimum absolute atomic E-state index is 0.434. The van der Waals surface area contributed by atoms with Crippen molar-refractivity contribution in [3.8, 4) is 0 Å². The van der Waals surface area contributed by atoms with Gasteiger partial charge in [0.25, 0.3) is 0 Å². The van der Waals surface area contributed by atoms with Gasteiger partial charge >= 0.3 is 0 Å². The van der Waals surface area contributed by atoms with Gasteiger partial charge in [-0.15, -0.1) is 0 Å². The number of pyridine rings is 1. The summed E-state index contributed by atoms with van der Waals surface area (Å²) in [5, 5.41) is 0.951. The van der Waals surface area contributed by atoms with Gasteiger partial charge in [-0.3, -0.25) is 9.78 Å². The van der Waals surface area contributed by atoms with Crippen molar-refractivity contribution in [2.24, 2.45) is 5.73 Å². The van der Waals surface area contributed by atoms with Gasteiger partial charge in [0.05, 0.1) is 5.52 Å². The van der Waals surface area contributed by atoms with Crippen LogP contribution >= 0.6 is 0 Å². The number of benzene rings is 1. The van der Waals surface area contributed by atoms with E-state index in [1.807, 2.05) is 6.07 Å². The Kier molecular flexibility index (Phi) is 1.70. The smallest absolute Gasteiger partial charge is 0.248 e. The van der Waals surface area contributed by atoms with E-state index in [1.54, 1.807) is 24.4 Å². The van der Waals surface area contributed by atoms with Crippen LogP contribution in [0.3, 0.4) is 0 Å². The van der Waals surface area contributed by atoms with Gasteiger partial charge in [0, 0.05) is 23.2 Å². The van der Waals surface area contributed by atoms with Crippen LogP contribution in [0.25, 0.3) is 10.9 Å². The lowest BCUT2D eigenvalue weighted by Crippen LogP contribution is -2.10. The summed E-state index contributed by atoms with van der Waals surface area (Å²) in [5.41, 5.74) is 6.37. The Labute approximate surface area is 75.2 Å². The minimum Gasteiger partial charge on any atom is -0.366 e. The van der Waals surface area contributed by atoms with Crippen molar-refractivity contribution in [3.05, 3.63) is 42.1 Å². The number of aromatic nitrogens is 1. The quantitative estimate of drug-likeness (QED) is 0.699. The lowest BCUT2D eigenvalue weighted by atomic mass is 10.1. The van der Waals surface area contributed by atoms with Gasteiger partial charge in [-0.1, -0.05) is 6.07 Å². The van der Waals surface area contributed by atoms with E-state index in [0.717, 1.165) is 10.9 Å². The SMILES string of the molecule is NC(=O)c1ccc2c[c]cnc2c1. The summed E-state index contributed by atoms with van der Waals surface area (Å²) in [6.45, 7) is 0. The number of rotatable bonds is 1. The number of nitrogens with two attached hydrogens (primary N) is 1. The molecule has 1 amide bonds. The molecule has 1 aromatic carbocycles. The molecule has 0 unspecified atom stereocenters. The van der Waals surface area contributed by atoms with E-state index in [1.165, 1.54) is 0 Å². The van der Waals surface area contributed by atoms with E-state index in [2.05, 4.69) is 11.1 Å². The molecule has 1 radical (unpaired) electrons. The maximum Gasteiger partial charge on any atom is 0.248 e. The Hall–Kier alpha value is -1.90. The number of amides is 1. The van der Waals surface area contributed by atoms with Gasteiger partial charge in [-0.05, 0) is 18.2 Å². The molecule has 0 fully saturated rings. The molecular weight excluding hydrogens is 164 g/mol. The molecule has 0 aliphatic rings. The highest BCUT2D eigenvalue weighted by Crippen LogP contribution is 2.12. The van der Waals surface area contributed by atoms with Crippen LogP contribution < -0.4 is 5.73 Å². The average molecular weight is 171 g/mol. The fraction of sp³-hybridized carbons (Fsp3) is 0. The second kappa shape index (κ2) is 2.86. The molecule has 2 aromatic rings. The first-order valence-electron chi connectivity index (χ1n) is 3.83. The van der Waals surface area contributed by atoms with Crippen LogP contribution in [-0.2, 0) is 0 Å². The van der Waals surface area contributed by atoms with E-state index >= 15 is 0 Å². The number of primary amides is 1. The maximum absolute atomic E-state index is 10.8. The maximum atomic E-state index is 10.8. The number of hydrogen-bond acceptors (Lipinski definition) is 2. The van der Waals surface area contributed by atoms with Crippen LogP contribution in [0.15, 0.2) is 30.5 Å². The fourth-order valence-corrected chi connectivity index (χ4v) is 1.16. The molecule has 2 N–H and O–H groups in total. The summed E-state index contributed by atoms with van der Waals surface area (Å²) in [6.07, 6.45) is 1.56. The number of carbonyl (C=O) groups excluding carboxylic acids is 1. The Bertz CT molecular complexity index is 465. The summed E-state index contributed by atoms with van der Waals surface area (Å²) in [5.74, 6) is -0.434. The van der Waals surface area contributed by atoms with Crippen molar-refractivity contribution in [2.75, 3.05) is 0 Å². The predicted octanol–water partition coefficient (Wildman–Crippen LogP) is 1.13. The normalized spacial score (nSPS) is 10.2. The monoisotopic (exact) mass is 171 g/mol. The molecule has 3 nitrogen and oxygen atoms in total. The zero-order valence-electron chi connectivity index (χ0n) is 6.82. The van der Waals surface area contributed by atoms with Crippen LogP contribution in [0.4, 0.5) is 0 Å². The highest BCUT2D eigenvalue weighted by atomic mass is 16.1. The minimum atomic E-state index is -0.434. The van der Waals surface area contributed by atoms with E-state index in [-0.39, 0.29) is 0 Å². The second-order valence-electron chi connectivity index (χ2n) is 2.71. The molecule has 1 aromatic heterocycles. The highest BCUT2D eigenvalue weighted by molar-refractivity contribution is 5.96. The first-order valence-corrected chi connectivity index (χ1v) is 3.83. The van der Waals surface area contributed by atoms with Crippen LogP contribution in [0.1, 0.15) is 10.4 Å². The van der Waals surface area contributed by atoms with E-state index in [0.29, 0.717) is 5.56 Å². The fourth-order valence-electron chi connectivity index (χ4n) is 1.16. The van der Waals surface area contributed by atoms with E-state index in [4.69, 9.17) is 5.73 Å². The second-order valence-corrected chi connectivity index (χ2v) is 2.71. The number of nitrogens with zero attached hydrogens (tertiary/aromatic N) is 1. The van der Waals surface area contributed by atoms with Crippen LogP contribution in [0.5, 0.6) is 0 Å². The third kappa shape index (κ3) is 1.36. The van der Waals surface area contributed by atoms with E-state index < -0.39 is 5.91 Å². The Morgan fingerprint density at radius 1 is 1.46 bits per heavy atom. The van der Waals surface area contributed by atoms with Gasteiger partial charge in [0.2, 0.25) is 5.91 Å². The lowest BCUT2D eigenvalue weighted by Gasteiger charge is -1.97. The van der Waals surface area contributed by atoms with Crippen molar-refractivity contribution in [1.29, 1.82) is 0 Å². The number of carbonyl (C=O) groups is 1. The average Bonchev–Trinajstić information content (AvgIpc) is 2.17. The highest BCUT2D eigenvalue weighted by Gasteiger charge is 2.00. The molecule has 3 heteroatoms. The summed E-state index contributed by atoms with van der Waals surface area (Å²) in [6, 6.07) is 9.83. The first kappa shape index (κ1) is 7.73. The van der Waals surface area contributed by atoms with Crippen molar-refractivity contribution >= 4 is 16.8 Å². The van der Waals surface area contributed by atoms with Gasteiger partial charge in [-0.25, -0.2) is 0 Å². The third-order valence-electron chi connectivity index (χ3n) is 1.83. The molecule has 0 aliphatic carbocycles. The van der Waals surface area contributed by atoms with Gasteiger partial charge in [-0.2, -0.15) is 0 Å². The molecule has 63 valence electrons. The topological polar surface area (TPSA) is 56.0 Å². The molecule has 0 saturated carbocycles. The van der Waals surface area contributed by atoms with Gasteiger partial charge < -0.3 is 5.73 Å². The Morgan fingerprint density at radius 2 is 2.31 bits per heavy atom. The third-order valence-corrected chi connectivity index (χ3v) is 1.83. The van der Waals surface area contributed by atoms with Gasteiger partial charge in [0.1, 0.15) is 0 Å². The zero-order valence-corrected chi connectivity index (χ0v) is 6.82. The predicted molar refractivity (Wildman–Crippen MR) is 49.1 cm³/mol. The van der Waals surface area contributed by atoms with Crippen molar-refractivity contribution in [2.45, 2.75) is 0 Å². The molecule has 0 bridgehead atoms. The molecule has 0 aliphatic heterocycles. The molecule has 0 spiro atoms. The zero-order chi connectivity index (χ0) is 9.26. The van der Waals surface area contributed by atoms with Gasteiger partial charge in [0.15, 0.2) is 0 Å². The molecule has 13 heavy (non-hydrogen) atoms. The summed E-state index contributed by atoms with van der Waals surface area (Å²) < 4.78 is 0. The van der Waals surface area contributed by atoms with Crippen molar-refractivity contribution in [3.63, 3.8) is 0 Å². The first-order chi connectivity index (χ1) is 6.27. The van der Waals surface area contributed by atoms with E-state index in [9.17, 15) is 4.79 Å². The van der Waals surface area contributed by atoms with Crippen LogP contribution in [-0.4, -0.2) is 10.9 Å². The summed E-state index contributed by atoms with van der Waals surface area (Å²) in [7, 11) is 0. The number of fused-ring (bicyclic) bond motifs is 1. The summed E-state index contributed by atoms with van der Waals surface area (Å²) >= 11 is 0. The molecule has 1 heterocycles. The largest absolute Gasteiger partial charge is 0.366 e. The molecular formula is C10H7N2O. The van der Waals surface area contributed by atoms with Crippen LogP contribution in [0, 0.1) is 6.07 Å². The molecule has 0 atom stereocenters. The van der Waals surface area contributed by atoms with Crippen molar-refractivity contribution in [1.82, 2.24) is 4.98 Å². The van der Waals surface area contributed by atoms with Crippen molar-refractivity contribution < 1.29 is 4.79 Å². The Morgan fingerprint density at radius 3 is 3.08 bits per heavy atom. The number of hydrogen-bond donors (Lipinski definition) is 1. The lowest BCUT2D eigenvalue weighted by molar-refractivity contribution is 0.100.